The zero-order valence-corrected chi connectivity index (χ0v) is 19.4. The summed E-state index contributed by atoms with van der Waals surface area (Å²) in [6.07, 6.45) is 3.28. The molecule has 31 heavy (non-hydrogen) atoms. The van der Waals surface area contributed by atoms with Gasteiger partial charge < -0.3 is 14.5 Å². The van der Waals surface area contributed by atoms with E-state index in [4.69, 9.17) is 4.74 Å². The topological polar surface area (TPSA) is 32.8 Å². The van der Waals surface area contributed by atoms with E-state index in [1.54, 1.807) is 0 Å². The fourth-order valence-corrected chi connectivity index (χ4v) is 5.33. The van der Waals surface area contributed by atoms with E-state index in [2.05, 4.69) is 57.2 Å². The molecule has 0 saturated carbocycles. The Morgan fingerprint density at radius 1 is 1.10 bits per heavy atom. The van der Waals surface area contributed by atoms with Crippen LogP contribution in [-0.4, -0.2) is 49.2 Å². The maximum atomic E-state index is 13.5. The van der Waals surface area contributed by atoms with Crippen LogP contribution in [0.2, 0.25) is 0 Å². The first kappa shape index (κ1) is 21.9. The van der Waals surface area contributed by atoms with Gasteiger partial charge in [0.15, 0.2) is 0 Å². The Kier molecular flexibility index (Phi) is 6.11. The minimum atomic E-state index is -0.0210. The maximum Gasteiger partial charge on any atom is 0.320 e. The van der Waals surface area contributed by atoms with Crippen LogP contribution in [0, 0.1) is 5.41 Å². The van der Waals surface area contributed by atoms with Gasteiger partial charge in [0.25, 0.3) is 0 Å². The number of carbonyl (C=O) groups is 1. The van der Waals surface area contributed by atoms with Crippen molar-refractivity contribution in [3.63, 3.8) is 0 Å². The second kappa shape index (κ2) is 8.66. The molecular weight excluding hydrogens is 384 g/mol. The third kappa shape index (κ3) is 4.10. The molecule has 1 saturated heterocycles. The lowest BCUT2D eigenvalue weighted by Crippen LogP contribution is -2.50. The van der Waals surface area contributed by atoms with E-state index in [1.807, 2.05) is 35.0 Å². The van der Waals surface area contributed by atoms with Gasteiger partial charge in [0.05, 0.1) is 19.3 Å². The number of aryl methyl sites for hydroxylation is 1. The van der Waals surface area contributed by atoms with Gasteiger partial charge in [0.1, 0.15) is 0 Å². The first-order valence-corrected chi connectivity index (χ1v) is 11.6. The molecule has 1 aliphatic heterocycles. The highest BCUT2D eigenvalue weighted by Gasteiger charge is 2.46. The monoisotopic (exact) mass is 420 g/mol. The van der Waals surface area contributed by atoms with Crippen LogP contribution in [0.25, 0.3) is 0 Å². The molecule has 0 radical (unpaired) electrons. The molecule has 0 bridgehead atoms. The van der Waals surface area contributed by atoms with E-state index in [0.29, 0.717) is 19.8 Å². The summed E-state index contributed by atoms with van der Waals surface area (Å²) in [6, 6.07) is 19.2. The number of benzene rings is 2. The third-order valence-corrected chi connectivity index (χ3v) is 7.96. The molecule has 2 aromatic rings. The van der Waals surface area contributed by atoms with Crippen molar-refractivity contribution in [2.24, 2.45) is 5.41 Å². The number of ether oxygens (including phenoxy) is 1. The molecule has 4 heteroatoms. The van der Waals surface area contributed by atoms with Gasteiger partial charge >= 0.3 is 6.03 Å². The van der Waals surface area contributed by atoms with Crippen LogP contribution in [0.4, 0.5) is 4.79 Å². The molecular formula is C27H36N2O2. The van der Waals surface area contributed by atoms with Crippen LogP contribution in [-0.2, 0) is 16.6 Å². The number of fused-ring (bicyclic) bond motifs is 1. The molecule has 0 aromatic heterocycles. The van der Waals surface area contributed by atoms with E-state index < -0.39 is 0 Å². The van der Waals surface area contributed by atoms with E-state index in [1.165, 1.54) is 17.5 Å². The Hall–Kier alpha value is -2.33. The largest absolute Gasteiger partial charge is 0.377 e. The molecule has 4 rings (SSSR count). The number of urea groups is 1. The lowest BCUT2D eigenvalue weighted by molar-refractivity contribution is 0.00372. The van der Waals surface area contributed by atoms with Gasteiger partial charge in [-0.05, 0) is 46.8 Å². The van der Waals surface area contributed by atoms with Gasteiger partial charge in [0.2, 0.25) is 0 Å². The highest BCUT2D eigenvalue weighted by Crippen LogP contribution is 2.51. The maximum absolute atomic E-state index is 13.5. The summed E-state index contributed by atoms with van der Waals surface area (Å²) in [5, 5.41) is 0. The molecule has 2 atom stereocenters. The minimum absolute atomic E-state index is 0.0210. The zero-order valence-electron chi connectivity index (χ0n) is 19.4. The second-order valence-corrected chi connectivity index (χ2v) is 10.0. The molecule has 0 N–H and O–H groups in total. The van der Waals surface area contributed by atoms with Crippen molar-refractivity contribution >= 4 is 6.03 Å². The Balaban J connectivity index is 1.50. The standard InChI is InChI=1S/C27H36N2O2/c1-26(2)15-14-21-10-8-9-13-23(21)27(26,3)16-17-28(4)25(30)29-18-19-31-20-24(29)22-11-6-5-7-12-22/h5-13,24H,14-20H2,1-4H3/t24?,27-/m0/s1. The average molecular weight is 421 g/mol. The Morgan fingerprint density at radius 3 is 2.58 bits per heavy atom. The van der Waals surface area contributed by atoms with Crippen LogP contribution in [0.3, 0.4) is 0 Å². The summed E-state index contributed by atoms with van der Waals surface area (Å²) in [5.74, 6) is 0. The summed E-state index contributed by atoms with van der Waals surface area (Å²) in [4.78, 5) is 17.4. The van der Waals surface area contributed by atoms with E-state index in [9.17, 15) is 4.79 Å². The summed E-state index contributed by atoms with van der Waals surface area (Å²) in [5.41, 5.74) is 4.30. The van der Waals surface area contributed by atoms with Gasteiger partial charge in [-0.15, -0.1) is 0 Å². The molecule has 1 heterocycles. The number of rotatable bonds is 4. The second-order valence-electron chi connectivity index (χ2n) is 10.0. The zero-order chi connectivity index (χ0) is 22.1. The minimum Gasteiger partial charge on any atom is -0.377 e. The number of hydrogen-bond donors (Lipinski definition) is 0. The van der Waals surface area contributed by atoms with Gasteiger partial charge in [-0.25, -0.2) is 4.79 Å². The quantitative estimate of drug-likeness (QED) is 0.660. The average Bonchev–Trinajstić information content (AvgIpc) is 2.80. The molecule has 1 aliphatic carbocycles. The van der Waals surface area contributed by atoms with Crippen molar-refractivity contribution in [2.75, 3.05) is 33.4 Å². The van der Waals surface area contributed by atoms with Gasteiger partial charge in [-0.3, -0.25) is 0 Å². The predicted molar refractivity (Wildman–Crippen MR) is 125 cm³/mol. The van der Waals surface area contributed by atoms with E-state index in [-0.39, 0.29) is 22.9 Å². The number of carbonyl (C=O) groups excluding carboxylic acids is 1. The van der Waals surface area contributed by atoms with Gasteiger partial charge in [0, 0.05) is 20.1 Å². The fourth-order valence-electron chi connectivity index (χ4n) is 5.33. The number of amides is 2. The summed E-state index contributed by atoms with van der Waals surface area (Å²) in [7, 11) is 1.95. The predicted octanol–water partition coefficient (Wildman–Crippen LogP) is 5.43. The summed E-state index contributed by atoms with van der Waals surface area (Å²) < 4.78 is 5.72. The van der Waals surface area contributed by atoms with Crippen LogP contribution < -0.4 is 0 Å². The highest BCUT2D eigenvalue weighted by atomic mass is 16.5. The Labute approximate surface area is 187 Å². The lowest BCUT2D eigenvalue weighted by Gasteiger charge is -2.50. The van der Waals surface area contributed by atoms with Gasteiger partial charge in [-0.1, -0.05) is 75.4 Å². The van der Waals surface area contributed by atoms with Gasteiger partial charge in [-0.2, -0.15) is 0 Å². The highest BCUT2D eigenvalue weighted by molar-refractivity contribution is 5.75. The lowest BCUT2D eigenvalue weighted by atomic mass is 9.55. The Morgan fingerprint density at radius 2 is 1.81 bits per heavy atom. The molecule has 2 aromatic carbocycles. The first-order valence-electron chi connectivity index (χ1n) is 11.6. The van der Waals surface area contributed by atoms with Crippen molar-refractivity contribution in [3.05, 3.63) is 71.3 Å². The molecule has 166 valence electrons. The summed E-state index contributed by atoms with van der Waals surface area (Å²) in [6.45, 7) is 9.70. The number of hydrogen-bond acceptors (Lipinski definition) is 2. The van der Waals surface area contributed by atoms with Crippen molar-refractivity contribution in [2.45, 2.75) is 51.5 Å². The SMILES string of the molecule is CN(CC[C@@]1(C)c2ccccc2CCC1(C)C)C(=O)N1CCOCC1c1ccccc1. The summed E-state index contributed by atoms with van der Waals surface area (Å²) >= 11 is 0. The number of morpholine rings is 1. The van der Waals surface area contributed by atoms with E-state index in [0.717, 1.165) is 24.9 Å². The fraction of sp³-hybridized carbons (Fsp3) is 0.519. The normalized spacial score (nSPS) is 25.0. The molecule has 2 amide bonds. The molecule has 1 fully saturated rings. The van der Waals surface area contributed by atoms with Crippen LogP contribution in [0.15, 0.2) is 54.6 Å². The smallest absolute Gasteiger partial charge is 0.320 e. The Bertz CT molecular complexity index is 910. The van der Waals surface area contributed by atoms with Crippen molar-refractivity contribution < 1.29 is 9.53 Å². The first-order chi connectivity index (χ1) is 14.8. The molecule has 4 nitrogen and oxygen atoms in total. The van der Waals surface area contributed by atoms with E-state index >= 15 is 0 Å². The molecule has 1 unspecified atom stereocenters. The molecule has 2 aliphatic rings. The van der Waals surface area contributed by atoms with Crippen LogP contribution in [0.1, 0.15) is 56.3 Å². The molecule has 0 spiro atoms. The third-order valence-electron chi connectivity index (χ3n) is 7.96. The van der Waals surface area contributed by atoms with Crippen molar-refractivity contribution in [3.8, 4) is 0 Å². The van der Waals surface area contributed by atoms with Crippen LogP contribution >= 0.6 is 0 Å². The van der Waals surface area contributed by atoms with Crippen LogP contribution in [0.5, 0.6) is 0 Å². The van der Waals surface area contributed by atoms with Crippen molar-refractivity contribution in [1.29, 1.82) is 0 Å². The van der Waals surface area contributed by atoms with Crippen molar-refractivity contribution in [1.82, 2.24) is 9.80 Å². The number of nitrogens with zero attached hydrogens (tertiary/aromatic N) is 2.